The number of hydrogen-bond donors (Lipinski definition) is 2. The Morgan fingerprint density at radius 3 is 2.68 bits per heavy atom. The summed E-state index contributed by atoms with van der Waals surface area (Å²) in [4.78, 5) is 9.03. The summed E-state index contributed by atoms with van der Waals surface area (Å²) >= 11 is 6.42. The van der Waals surface area contributed by atoms with Crippen molar-refractivity contribution in [1.29, 1.82) is 0 Å². The van der Waals surface area contributed by atoms with E-state index in [-0.39, 0.29) is 37.2 Å². The Bertz CT molecular complexity index is 1630. The van der Waals surface area contributed by atoms with Crippen LogP contribution in [-0.4, -0.2) is 84.4 Å². The minimum Gasteiger partial charge on any atom is -0.487 e. The predicted octanol–water partition coefficient (Wildman–Crippen LogP) is 4.94. The summed E-state index contributed by atoms with van der Waals surface area (Å²) in [5, 5.41) is 22.9. The molecule has 0 bridgehead atoms. The molecule has 3 fully saturated rings. The van der Waals surface area contributed by atoms with Crippen molar-refractivity contribution in [3.8, 4) is 22.8 Å². The van der Waals surface area contributed by atoms with Crippen molar-refractivity contribution >= 4 is 23.2 Å². The van der Waals surface area contributed by atoms with Crippen LogP contribution in [0, 0.1) is 11.8 Å². The van der Waals surface area contributed by atoms with Gasteiger partial charge in [-0.15, -0.1) is 10.2 Å². The molecule has 1 aliphatic heterocycles. The number of anilines is 2. The monoisotopic (exact) mass is 670 g/mol. The summed E-state index contributed by atoms with van der Waals surface area (Å²) in [6.45, 7) is 4.80. The van der Waals surface area contributed by atoms with E-state index in [4.69, 9.17) is 30.9 Å². The third-order valence-electron chi connectivity index (χ3n) is 9.00. The van der Waals surface area contributed by atoms with Crippen molar-refractivity contribution in [2.45, 2.75) is 69.7 Å². The van der Waals surface area contributed by atoms with E-state index in [1.165, 1.54) is 6.33 Å². The molecule has 2 aliphatic carbocycles. The first-order valence-corrected chi connectivity index (χ1v) is 16.4. The molecule has 2 unspecified atom stereocenters. The maximum absolute atomic E-state index is 13.6. The normalized spacial score (nSPS) is 24.4. The number of halogens is 3. The minimum atomic E-state index is -2.68. The van der Waals surface area contributed by atoms with Crippen molar-refractivity contribution in [3.05, 3.63) is 48.1 Å². The minimum absolute atomic E-state index is 0.105. The van der Waals surface area contributed by atoms with E-state index in [1.54, 1.807) is 23.1 Å². The molecule has 13 nitrogen and oxygen atoms in total. The topological polar surface area (TPSA) is 139 Å². The van der Waals surface area contributed by atoms with Gasteiger partial charge in [0, 0.05) is 37.5 Å². The molecule has 2 N–H and O–H groups in total. The molecule has 250 valence electrons. The molecule has 2 saturated carbocycles. The zero-order valence-electron chi connectivity index (χ0n) is 25.9. The molecule has 47 heavy (non-hydrogen) atoms. The third kappa shape index (κ3) is 7.63. The van der Waals surface area contributed by atoms with Gasteiger partial charge >= 0.3 is 0 Å². The van der Waals surface area contributed by atoms with Crippen LogP contribution < -0.4 is 20.1 Å². The highest BCUT2D eigenvalue weighted by molar-refractivity contribution is 6.32. The van der Waals surface area contributed by atoms with Gasteiger partial charge in [0.2, 0.25) is 5.95 Å². The Hall–Kier alpha value is -3.95. The van der Waals surface area contributed by atoms with Gasteiger partial charge in [-0.2, -0.15) is 0 Å². The van der Waals surface area contributed by atoms with Crippen LogP contribution in [0.3, 0.4) is 0 Å². The smallest absolute Gasteiger partial charge is 0.256 e. The van der Waals surface area contributed by atoms with Gasteiger partial charge in [0.1, 0.15) is 23.9 Å². The molecule has 7 rings (SSSR count). The summed E-state index contributed by atoms with van der Waals surface area (Å²) in [6.07, 6.45) is 10.5. The number of rotatable bonds is 12. The number of nitrogens with one attached hydrogen (secondary N) is 2. The second kappa shape index (κ2) is 13.6. The highest BCUT2D eigenvalue weighted by Crippen LogP contribution is 2.49. The molecule has 4 heterocycles. The van der Waals surface area contributed by atoms with Crippen LogP contribution in [0.25, 0.3) is 11.1 Å². The third-order valence-corrected chi connectivity index (χ3v) is 9.31. The summed E-state index contributed by atoms with van der Waals surface area (Å²) in [6, 6.07) is 5.63. The van der Waals surface area contributed by atoms with Crippen LogP contribution in [0.15, 0.2) is 43.1 Å². The lowest BCUT2D eigenvalue weighted by molar-refractivity contribution is -0.0229. The van der Waals surface area contributed by atoms with Crippen LogP contribution in [0.2, 0.25) is 5.02 Å². The quantitative estimate of drug-likeness (QED) is 0.212. The molecular formula is C31H37ClF2N10O3. The largest absolute Gasteiger partial charge is 0.487 e. The fraction of sp³-hybridized carbons (Fsp3) is 0.548. The molecule has 3 aliphatic rings. The lowest BCUT2D eigenvalue weighted by atomic mass is 9.82. The molecule has 3 aromatic heterocycles. The van der Waals surface area contributed by atoms with Crippen molar-refractivity contribution in [2.75, 3.05) is 31.6 Å². The van der Waals surface area contributed by atoms with Crippen LogP contribution in [0.5, 0.6) is 11.6 Å². The van der Waals surface area contributed by atoms with Crippen LogP contribution in [0.4, 0.5) is 20.4 Å². The molecule has 4 aromatic rings. The molecule has 0 radical (unpaired) electrons. The highest BCUT2D eigenvalue weighted by atomic mass is 35.5. The second-order valence-corrected chi connectivity index (χ2v) is 12.9. The molecule has 0 amide bonds. The second-order valence-electron chi connectivity index (χ2n) is 12.5. The number of benzene rings is 1. The van der Waals surface area contributed by atoms with Crippen molar-refractivity contribution in [2.24, 2.45) is 11.8 Å². The lowest BCUT2D eigenvalue weighted by Gasteiger charge is -2.35. The fourth-order valence-electron chi connectivity index (χ4n) is 6.23. The standard InChI is InChI=1S/C31H37ClF2N10O3/c1-19(15-43-18-38-41-42-43)47-27-10-21(4-7-25(27)32)22-12-36-30(37-13-22)39-26-16-44(40-29(26)46-17-23-11-31(23,33)34)24-5-2-20(3-6-24)28-14-35-8-9-45-28/h4,7,10,12-13,16,18-20,23-24,28,35H,2-3,5-6,8-9,11,14-15,17H2,1H3,(H,36,37,39)/t19?,20?,23-,24?,28?/m0/s1. The van der Waals surface area contributed by atoms with Crippen molar-refractivity contribution in [1.82, 2.24) is 45.3 Å². The highest BCUT2D eigenvalue weighted by Gasteiger charge is 2.57. The molecule has 0 spiro atoms. The fourth-order valence-corrected chi connectivity index (χ4v) is 6.39. The summed E-state index contributed by atoms with van der Waals surface area (Å²) in [7, 11) is 0. The Balaban J connectivity index is 1.03. The number of morpholine rings is 1. The Kier molecular flexibility index (Phi) is 9.19. The number of hydrogen-bond acceptors (Lipinski definition) is 11. The predicted molar refractivity (Wildman–Crippen MR) is 168 cm³/mol. The lowest BCUT2D eigenvalue weighted by Crippen LogP contribution is -2.43. The maximum Gasteiger partial charge on any atom is 0.256 e. The summed E-state index contributed by atoms with van der Waals surface area (Å²) in [5.74, 6) is -1.87. The Morgan fingerprint density at radius 1 is 1.17 bits per heavy atom. The van der Waals surface area contributed by atoms with Gasteiger partial charge < -0.3 is 24.8 Å². The Labute approximate surface area is 275 Å². The number of tetrazole rings is 1. The van der Waals surface area contributed by atoms with Gasteiger partial charge in [0.15, 0.2) is 0 Å². The number of nitrogens with zero attached hydrogens (tertiary/aromatic N) is 8. The first kappa shape index (κ1) is 31.6. The van der Waals surface area contributed by atoms with Crippen LogP contribution in [0.1, 0.15) is 45.1 Å². The molecule has 1 saturated heterocycles. The maximum atomic E-state index is 13.6. The van der Waals surface area contributed by atoms with E-state index < -0.39 is 11.8 Å². The SMILES string of the molecule is CC(Cn1cnnn1)Oc1cc(-c2cnc(Nc3cn(C4CCC(C5CNCCO5)CC4)nc3OC[C@@H]3CC3(F)F)nc2)ccc1Cl. The van der Waals surface area contributed by atoms with Gasteiger partial charge in [0.25, 0.3) is 11.8 Å². The van der Waals surface area contributed by atoms with Crippen molar-refractivity contribution in [3.63, 3.8) is 0 Å². The van der Waals surface area contributed by atoms with Crippen LogP contribution >= 0.6 is 11.6 Å². The Morgan fingerprint density at radius 2 is 1.98 bits per heavy atom. The number of ether oxygens (including phenoxy) is 3. The average Bonchev–Trinajstić information content (AvgIpc) is 3.40. The molecule has 16 heteroatoms. The van der Waals surface area contributed by atoms with E-state index in [9.17, 15) is 8.78 Å². The average molecular weight is 671 g/mol. The zero-order chi connectivity index (χ0) is 32.4. The summed E-state index contributed by atoms with van der Waals surface area (Å²) in [5.41, 5.74) is 2.10. The number of aromatic nitrogens is 8. The van der Waals surface area contributed by atoms with Gasteiger partial charge in [-0.25, -0.2) is 23.4 Å². The van der Waals surface area contributed by atoms with Crippen LogP contribution in [-0.2, 0) is 11.3 Å². The van der Waals surface area contributed by atoms with Gasteiger partial charge in [-0.1, -0.05) is 17.7 Å². The zero-order valence-corrected chi connectivity index (χ0v) is 26.7. The number of alkyl halides is 2. The van der Waals surface area contributed by atoms with E-state index >= 15 is 0 Å². The van der Waals surface area contributed by atoms with E-state index in [2.05, 4.69) is 36.1 Å². The van der Waals surface area contributed by atoms with E-state index in [0.29, 0.717) is 34.9 Å². The first-order valence-electron chi connectivity index (χ1n) is 16.0. The first-order chi connectivity index (χ1) is 22.8. The van der Waals surface area contributed by atoms with Crippen molar-refractivity contribution < 1.29 is 23.0 Å². The van der Waals surface area contributed by atoms with Gasteiger partial charge in [0.05, 0.1) is 49.0 Å². The van der Waals surface area contributed by atoms with E-state index in [0.717, 1.165) is 56.5 Å². The van der Waals surface area contributed by atoms with E-state index in [1.807, 2.05) is 29.9 Å². The van der Waals surface area contributed by atoms with Gasteiger partial charge in [-0.3, -0.25) is 4.68 Å². The van der Waals surface area contributed by atoms with Gasteiger partial charge in [-0.05, 0) is 66.6 Å². The molecular weight excluding hydrogens is 634 g/mol. The summed E-state index contributed by atoms with van der Waals surface area (Å²) < 4.78 is 48.6. The molecule has 3 atom stereocenters. The molecule has 1 aromatic carbocycles.